The molecule has 1 aromatic rings. The number of hydrogen-bond donors (Lipinski definition) is 0. The molecule has 0 spiro atoms. The molecule has 102 valence electrons. The van der Waals surface area contributed by atoms with Crippen LogP contribution in [0.3, 0.4) is 0 Å². The lowest BCUT2D eigenvalue weighted by Crippen LogP contribution is -2.33. The third-order valence-electron chi connectivity index (χ3n) is 3.29. The quantitative estimate of drug-likeness (QED) is 0.841. The number of benzene rings is 1. The van der Waals surface area contributed by atoms with Crippen LogP contribution in [0.5, 0.6) is 0 Å². The first-order chi connectivity index (χ1) is 9.08. The van der Waals surface area contributed by atoms with Crippen molar-refractivity contribution in [1.29, 1.82) is 5.26 Å². The van der Waals surface area contributed by atoms with E-state index in [2.05, 4.69) is 0 Å². The number of nitriles is 1. The number of nitrogens with zero attached hydrogens (tertiary/aromatic N) is 1. The second-order valence-corrected chi connectivity index (χ2v) is 5.09. The Bertz CT molecular complexity index is 474. The highest BCUT2D eigenvalue weighted by Crippen LogP contribution is 2.22. The van der Waals surface area contributed by atoms with Crippen molar-refractivity contribution < 1.29 is 13.9 Å². The van der Waals surface area contributed by atoms with Crippen LogP contribution < -0.4 is 0 Å². The molecule has 4 heteroatoms. The molecular formula is C15H18FNO2. The van der Waals surface area contributed by atoms with Gasteiger partial charge in [-0.1, -0.05) is 6.07 Å². The van der Waals surface area contributed by atoms with Gasteiger partial charge in [-0.15, -0.1) is 0 Å². The zero-order valence-electron chi connectivity index (χ0n) is 11.2. The molecule has 0 aliphatic carbocycles. The molecule has 0 bridgehead atoms. The van der Waals surface area contributed by atoms with Crippen LogP contribution >= 0.6 is 0 Å². The third-order valence-corrected chi connectivity index (χ3v) is 3.29. The van der Waals surface area contributed by atoms with Crippen LogP contribution in [0.2, 0.25) is 0 Å². The minimum Gasteiger partial charge on any atom is -0.375 e. The van der Waals surface area contributed by atoms with Crippen LogP contribution in [0.15, 0.2) is 18.2 Å². The summed E-state index contributed by atoms with van der Waals surface area (Å²) in [7, 11) is 0. The summed E-state index contributed by atoms with van der Waals surface area (Å²) in [5.41, 5.74) is 0.888. The van der Waals surface area contributed by atoms with Crippen molar-refractivity contribution in [3.8, 4) is 6.07 Å². The maximum Gasteiger partial charge on any atom is 0.140 e. The maximum atomic E-state index is 13.2. The van der Waals surface area contributed by atoms with E-state index in [0.29, 0.717) is 6.61 Å². The van der Waals surface area contributed by atoms with E-state index in [9.17, 15) is 4.39 Å². The van der Waals surface area contributed by atoms with Crippen LogP contribution in [0.4, 0.5) is 4.39 Å². The van der Waals surface area contributed by atoms with E-state index in [-0.39, 0.29) is 23.9 Å². The van der Waals surface area contributed by atoms with Crippen molar-refractivity contribution in [1.82, 2.24) is 0 Å². The summed E-state index contributed by atoms with van der Waals surface area (Å²) in [4.78, 5) is 0. The summed E-state index contributed by atoms with van der Waals surface area (Å²) in [5.74, 6) is -0.487. The van der Waals surface area contributed by atoms with Gasteiger partial charge in [0.25, 0.3) is 0 Å². The molecule has 19 heavy (non-hydrogen) atoms. The van der Waals surface area contributed by atoms with Gasteiger partial charge >= 0.3 is 0 Å². The summed E-state index contributed by atoms with van der Waals surface area (Å²) < 4.78 is 24.7. The van der Waals surface area contributed by atoms with Crippen molar-refractivity contribution in [2.75, 3.05) is 0 Å². The molecule has 0 aromatic heterocycles. The van der Waals surface area contributed by atoms with Crippen LogP contribution in [-0.2, 0) is 16.1 Å². The van der Waals surface area contributed by atoms with Crippen LogP contribution in [0.25, 0.3) is 0 Å². The zero-order valence-corrected chi connectivity index (χ0v) is 11.2. The molecule has 1 fully saturated rings. The lowest BCUT2D eigenvalue weighted by atomic mass is 10.0. The van der Waals surface area contributed by atoms with E-state index in [1.807, 2.05) is 19.9 Å². The van der Waals surface area contributed by atoms with Crippen molar-refractivity contribution in [3.63, 3.8) is 0 Å². The molecule has 1 aromatic carbocycles. The first-order valence-electron chi connectivity index (χ1n) is 6.54. The first-order valence-corrected chi connectivity index (χ1v) is 6.54. The summed E-state index contributed by atoms with van der Waals surface area (Å²) in [5, 5.41) is 8.78. The molecule has 1 aliphatic heterocycles. The number of halogens is 1. The van der Waals surface area contributed by atoms with Gasteiger partial charge in [-0.05, 0) is 44.4 Å². The Balaban J connectivity index is 1.93. The minimum absolute atomic E-state index is 0.0646. The largest absolute Gasteiger partial charge is 0.375 e. The molecule has 0 amide bonds. The Morgan fingerprint density at radius 3 is 2.68 bits per heavy atom. The molecule has 2 unspecified atom stereocenters. The Hall–Kier alpha value is -1.44. The van der Waals surface area contributed by atoms with Gasteiger partial charge in [-0.2, -0.15) is 5.26 Å². The third kappa shape index (κ3) is 3.76. The van der Waals surface area contributed by atoms with E-state index < -0.39 is 5.82 Å². The molecule has 0 saturated carbocycles. The van der Waals surface area contributed by atoms with E-state index in [0.717, 1.165) is 18.4 Å². The topological polar surface area (TPSA) is 42.2 Å². The average molecular weight is 263 g/mol. The van der Waals surface area contributed by atoms with Gasteiger partial charge in [0.1, 0.15) is 11.9 Å². The van der Waals surface area contributed by atoms with Gasteiger partial charge in [0.15, 0.2) is 0 Å². The van der Waals surface area contributed by atoms with Crippen molar-refractivity contribution >= 4 is 0 Å². The van der Waals surface area contributed by atoms with Gasteiger partial charge in [0.2, 0.25) is 0 Å². The fraction of sp³-hybridized carbons (Fsp3) is 0.533. The molecular weight excluding hydrogens is 245 g/mol. The molecule has 0 radical (unpaired) electrons. The van der Waals surface area contributed by atoms with Gasteiger partial charge in [-0.25, -0.2) is 4.39 Å². The Labute approximate surface area is 112 Å². The molecule has 3 nitrogen and oxygen atoms in total. The highest BCUT2D eigenvalue weighted by atomic mass is 19.1. The van der Waals surface area contributed by atoms with E-state index >= 15 is 0 Å². The summed E-state index contributed by atoms with van der Waals surface area (Å²) in [6.07, 6.45) is 2.32. The molecule has 0 N–H and O–H groups in total. The van der Waals surface area contributed by atoms with Gasteiger partial charge in [0, 0.05) is 0 Å². The second-order valence-electron chi connectivity index (χ2n) is 5.09. The second kappa shape index (κ2) is 6.14. The van der Waals surface area contributed by atoms with Crippen LogP contribution in [0, 0.1) is 17.1 Å². The normalized spacial score (nSPS) is 26.9. The Kier molecular flexibility index (Phi) is 4.52. The van der Waals surface area contributed by atoms with Gasteiger partial charge < -0.3 is 9.47 Å². The molecule has 1 saturated heterocycles. The molecule has 1 aliphatic rings. The predicted octanol–water partition coefficient (Wildman–Crippen LogP) is 3.17. The van der Waals surface area contributed by atoms with E-state index in [4.69, 9.17) is 14.7 Å². The molecule has 2 atom stereocenters. The SMILES string of the molecule is CC1CC(OCc2ccc(F)c(C#N)c2)CC(C)O1. The highest BCUT2D eigenvalue weighted by molar-refractivity contribution is 5.34. The average Bonchev–Trinajstić information content (AvgIpc) is 2.36. The van der Waals surface area contributed by atoms with Crippen molar-refractivity contribution in [2.24, 2.45) is 0 Å². The Morgan fingerprint density at radius 2 is 2.05 bits per heavy atom. The van der Waals surface area contributed by atoms with Gasteiger partial charge in [-0.3, -0.25) is 0 Å². The fourth-order valence-electron chi connectivity index (χ4n) is 2.44. The van der Waals surface area contributed by atoms with E-state index in [1.165, 1.54) is 6.07 Å². The minimum atomic E-state index is -0.487. The number of rotatable bonds is 3. The van der Waals surface area contributed by atoms with Crippen molar-refractivity contribution in [2.45, 2.75) is 51.6 Å². The fourth-order valence-corrected chi connectivity index (χ4v) is 2.44. The Morgan fingerprint density at radius 1 is 1.37 bits per heavy atom. The summed E-state index contributed by atoms with van der Waals surface area (Å²) in [6.45, 7) is 4.48. The molecule has 2 rings (SSSR count). The lowest BCUT2D eigenvalue weighted by Gasteiger charge is -2.32. The monoisotopic (exact) mass is 263 g/mol. The standard InChI is InChI=1S/C15H18FNO2/c1-10-5-14(6-11(2)19-10)18-9-12-3-4-15(16)13(7-12)8-17/h3-4,7,10-11,14H,5-6,9H2,1-2H3. The van der Waals surface area contributed by atoms with Crippen molar-refractivity contribution in [3.05, 3.63) is 35.1 Å². The first kappa shape index (κ1) is 14.0. The van der Waals surface area contributed by atoms with Crippen LogP contribution in [-0.4, -0.2) is 18.3 Å². The smallest absolute Gasteiger partial charge is 0.140 e. The summed E-state index contributed by atoms with van der Waals surface area (Å²) >= 11 is 0. The van der Waals surface area contributed by atoms with E-state index in [1.54, 1.807) is 12.1 Å². The number of hydrogen-bond acceptors (Lipinski definition) is 3. The lowest BCUT2D eigenvalue weighted by molar-refractivity contribution is -0.106. The highest BCUT2D eigenvalue weighted by Gasteiger charge is 2.24. The zero-order chi connectivity index (χ0) is 13.8. The van der Waals surface area contributed by atoms with Crippen LogP contribution in [0.1, 0.15) is 37.8 Å². The van der Waals surface area contributed by atoms with Gasteiger partial charge in [0.05, 0.1) is 30.5 Å². The summed E-state index contributed by atoms with van der Waals surface area (Å²) in [6, 6.07) is 6.35. The predicted molar refractivity (Wildman–Crippen MR) is 68.9 cm³/mol. The molecule has 1 heterocycles. The maximum absolute atomic E-state index is 13.2. The number of ether oxygens (including phenoxy) is 2.